The van der Waals surface area contributed by atoms with E-state index >= 15 is 0 Å². The largest absolute Gasteiger partial charge is 0.192 e. The smallest absolute Gasteiger partial charge is 0.130 e. The molecule has 0 fully saturated rings. The molecule has 0 amide bonds. The summed E-state index contributed by atoms with van der Waals surface area (Å²) in [6.45, 7) is 8.94. The van der Waals surface area contributed by atoms with E-state index < -0.39 is 10.8 Å². The van der Waals surface area contributed by atoms with Crippen molar-refractivity contribution in [3.05, 3.63) is 193 Å². The molecule has 400 valence electrons. The Morgan fingerprint density at radius 1 is 0.369 bits per heavy atom. The summed E-state index contributed by atoms with van der Waals surface area (Å²) in [5.74, 6) is 0. The van der Waals surface area contributed by atoms with E-state index in [0.29, 0.717) is 22.2 Å². The molecule has 0 bridgehead atoms. The SMILES string of the molecule is Cc1ccc(C2(c3ccc(C)s3)c3cc(-c4ccc(-c5ccc(C=C(C#N)C#N)c6nsnc56)s4)sc3-c3sc4c5c(sc4c32)-c2sc(-c3ccc(-c4ccc(C=C(C#N)C#N)c6nsnc46)s3)cc2C5(c2ccc(C)s2)c2ccc(C)s2)s1. The van der Waals surface area contributed by atoms with Crippen LogP contribution in [0.3, 0.4) is 0 Å². The quantitative estimate of drug-likeness (QED) is 0.123. The van der Waals surface area contributed by atoms with Gasteiger partial charge in [0.05, 0.1) is 63.2 Å². The van der Waals surface area contributed by atoms with Crippen LogP contribution in [-0.4, -0.2) is 17.5 Å². The maximum Gasteiger partial charge on any atom is 0.130 e. The van der Waals surface area contributed by atoms with Crippen LogP contribution in [0.1, 0.15) is 72.4 Å². The normalized spacial score (nSPS) is 13.4. The van der Waals surface area contributed by atoms with Crippen molar-refractivity contribution in [2.24, 2.45) is 0 Å². The molecule has 2 aliphatic rings. The van der Waals surface area contributed by atoms with Crippen molar-refractivity contribution in [1.82, 2.24) is 17.5 Å². The van der Waals surface area contributed by atoms with Crippen LogP contribution in [0.5, 0.6) is 0 Å². The Kier molecular flexibility index (Phi) is 12.3. The van der Waals surface area contributed by atoms with Crippen LogP contribution < -0.4 is 0 Å². The van der Waals surface area contributed by atoms with Gasteiger partial charge in [0.15, 0.2) is 0 Å². The molecule has 0 spiro atoms. The molecule has 0 radical (unpaired) electrons. The Bertz CT molecular complexity index is 4920. The van der Waals surface area contributed by atoms with Crippen LogP contribution in [0.15, 0.2) is 120 Å². The molecule has 0 saturated carbocycles. The zero-order valence-electron chi connectivity index (χ0n) is 44.0. The second-order valence-electron chi connectivity index (χ2n) is 20.3. The fourth-order valence-electron chi connectivity index (χ4n) is 12.1. The molecule has 12 aromatic heterocycles. The zero-order chi connectivity index (χ0) is 56.9. The number of hydrogen-bond acceptors (Lipinski definition) is 20. The Morgan fingerprint density at radius 2 is 0.726 bits per heavy atom. The highest BCUT2D eigenvalue weighted by Crippen LogP contribution is 2.72. The second-order valence-corrected chi connectivity index (χ2v) is 32.9. The zero-order valence-corrected chi connectivity index (χ0v) is 53.8. The lowest BCUT2D eigenvalue weighted by atomic mass is 9.75. The van der Waals surface area contributed by atoms with Crippen LogP contribution >= 0.6 is 137 Å². The molecule has 0 saturated heterocycles. The first kappa shape index (κ1) is 52.3. The standard InChI is InChI=1S/C64H32N8S12/c1-29-5-17-47(73-29)63(48-18-6-30(2)74-48)39-23-45(43-15-13-41(77-43)37-11-9-35(21-33(25-65)26-66)53-55(37)71-83-69-53)79-57(39)59-51(63)61-62(81-59)52-60(82-61)58-40(64(52,49-19-7-31(3)75-49)50-20-8-32(4)76-50)24-46(80-58)44-16-14-42(78-44)38-12-10-36(22-34(27-67)28-68)54-56(38)72-84-70-54/h5-24H,1-4H3. The summed E-state index contributed by atoms with van der Waals surface area (Å²) in [6.07, 6.45) is 3.18. The van der Waals surface area contributed by atoms with Gasteiger partial charge in [0, 0.05) is 102 Å². The molecule has 12 heterocycles. The minimum Gasteiger partial charge on any atom is -0.192 e. The second kappa shape index (κ2) is 19.7. The Hall–Kier alpha value is -7.22. The molecule has 0 aliphatic heterocycles. The molecule has 0 N–H and O–H groups in total. The number of allylic oxidation sites excluding steroid dienone is 2. The maximum absolute atomic E-state index is 9.54. The molecule has 14 aromatic rings. The number of nitriles is 4. The summed E-state index contributed by atoms with van der Waals surface area (Å²) in [6, 6.07) is 48.6. The summed E-state index contributed by atoms with van der Waals surface area (Å²) in [5.41, 5.74) is 10.7. The maximum atomic E-state index is 9.54. The Labute approximate surface area is 528 Å². The third kappa shape index (κ3) is 7.51. The summed E-state index contributed by atoms with van der Waals surface area (Å²) in [5, 5.41) is 38.2. The fraction of sp³-hybridized carbons (Fsp3) is 0.0938. The Balaban J connectivity index is 0.896. The van der Waals surface area contributed by atoms with Gasteiger partial charge in [-0.2, -0.15) is 38.5 Å². The van der Waals surface area contributed by atoms with E-state index in [4.69, 9.17) is 8.75 Å². The summed E-state index contributed by atoms with van der Waals surface area (Å²) in [7, 11) is 0. The minimum absolute atomic E-state index is 0.0262. The Morgan fingerprint density at radius 3 is 1.07 bits per heavy atom. The van der Waals surface area contributed by atoms with E-state index in [9.17, 15) is 21.0 Å². The lowest BCUT2D eigenvalue weighted by Gasteiger charge is -2.30. The van der Waals surface area contributed by atoms with E-state index in [-0.39, 0.29) is 11.1 Å². The van der Waals surface area contributed by atoms with Crippen molar-refractivity contribution in [3.8, 4) is 84.2 Å². The van der Waals surface area contributed by atoms with Gasteiger partial charge in [-0.1, -0.05) is 24.3 Å². The van der Waals surface area contributed by atoms with Crippen LogP contribution in [-0.2, 0) is 10.8 Å². The van der Waals surface area contributed by atoms with Crippen LogP contribution in [0.4, 0.5) is 0 Å². The average Bonchev–Trinajstić information content (AvgIpc) is 1.49. The molecular weight excluding hydrogens is 1270 g/mol. The molecule has 0 unspecified atom stereocenters. The average molecular weight is 1300 g/mol. The van der Waals surface area contributed by atoms with Gasteiger partial charge in [-0.25, -0.2) is 0 Å². The van der Waals surface area contributed by atoms with E-state index in [1.807, 2.05) is 139 Å². The van der Waals surface area contributed by atoms with Gasteiger partial charge in [-0.05, 0) is 136 Å². The van der Waals surface area contributed by atoms with Crippen molar-refractivity contribution in [3.63, 3.8) is 0 Å². The number of aromatic nitrogens is 4. The molecular formula is C64H32N8S12. The third-order valence-electron chi connectivity index (χ3n) is 15.6. The molecule has 2 aliphatic carbocycles. The predicted octanol–water partition coefficient (Wildman–Crippen LogP) is 21.0. The van der Waals surface area contributed by atoms with E-state index in [1.54, 1.807) is 34.8 Å². The van der Waals surface area contributed by atoms with E-state index in [0.717, 1.165) is 55.4 Å². The number of hydrogen-bond donors (Lipinski definition) is 0. The first-order chi connectivity index (χ1) is 41.0. The van der Waals surface area contributed by atoms with E-state index in [1.165, 1.54) is 110 Å². The third-order valence-corrected chi connectivity index (χ3v) is 28.9. The molecule has 0 atom stereocenters. The molecule has 16 rings (SSSR count). The molecule has 84 heavy (non-hydrogen) atoms. The number of benzene rings is 2. The molecule has 8 nitrogen and oxygen atoms in total. The van der Waals surface area contributed by atoms with Gasteiger partial charge in [0.1, 0.15) is 57.5 Å². The van der Waals surface area contributed by atoms with Crippen LogP contribution in [0.2, 0.25) is 0 Å². The fourth-order valence-corrected chi connectivity index (χ4v) is 25.8. The van der Waals surface area contributed by atoms with Gasteiger partial charge in [-0.3, -0.25) is 0 Å². The summed E-state index contributed by atoms with van der Waals surface area (Å²) in [4.78, 5) is 22.8. The van der Waals surface area contributed by atoms with Gasteiger partial charge >= 0.3 is 0 Å². The topological polar surface area (TPSA) is 147 Å². The minimum atomic E-state index is -0.555. The lowest BCUT2D eigenvalue weighted by molar-refractivity contribution is 0.817. The molecule has 20 heteroatoms. The highest BCUT2D eigenvalue weighted by atomic mass is 32.1. The highest BCUT2D eigenvalue weighted by Gasteiger charge is 2.56. The van der Waals surface area contributed by atoms with Gasteiger partial charge in [0.25, 0.3) is 0 Å². The lowest BCUT2D eigenvalue weighted by Crippen LogP contribution is -2.26. The van der Waals surface area contributed by atoms with Crippen LogP contribution in [0, 0.1) is 73.0 Å². The van der Waals surface area contributed by atoms with Crippen LogP contribution in [0.25, 0.3) is 104 Å². The number of thiophene rings is 10. The van der Waals surface area contributed by atoms with Crippen molar-refractivity contribution >= 4 is 180 Å². The van der Waals surface area contributed by atoms with Gasteiger partial charge < -0.3 is 0 Å². The number of aryl methyl sites for hydroxylation is 4. The number of fused-ring (bicyclic) bond motifs is 11. The van der Waals surface area contributed by atoms with Gasteiger partial charge in [-0.15, -0.1) is 113 Å². The van der Waals surface area contributed by atoms with Gasteiger partial charge in [0.2, 0.25) is 0 Å². The van der Waals surface area contributed by atoms with Crippen molar-refractivity contribution < 1.29 is 0 Å². The number of nitrogens with zero attached hydrogens (tertiary/aromatic N) is 8. The first-order valence-corrected chi connectivity index (χ1v) is 35.6. The number of rotatable bonds is 10. The summed E-state index contributed by atoms with van der Waals surface area (Å²) >= 11 is 21.3. The van der Waals surface area contributed by atoms with E-state index in [2.05, 4.69) is 121 Å². The predicted molar refractivity (Wildman–Crippen MR) is 358 cm³/mol. The van der Waals surface area contributed by atoms with Crippen molar-refractivity contribution in [1.29, 1.82) is 21.0 Å². The van der Waals surface area contributed by atoms with Crippen molar-refractivity contribution in [2.75, 3.05) is 0 Å². The highest BCUT2D eigenvalue weighted by molar-refractivity contribution is 7.36. The molecule has 2 aromatic carbocycles. The monoisotopic (exact) mass is 1300 g/mol. The van der Waals surface area contributed by atoms with Crippen molar-refractivity contribution in [2.45, 2.75) is 38.5 Å². The first-order valence-electron chi connectivity index (χ1n) is 25.9. The summed E-state index contributed by atoms with van der Waals surface area (Å²) < 4.78 is 21.5.